The summed E-state index contributed by atoms with van der Waals surface area (Å²) < 4.78 is 13.5. The maximum absolute atomic E-state index is 13.5. The quantitative estimate of drug-likeness (QED) is 0.891. The lowest BCUT2D eigenvalue weighted by Gasteiger charge is -2.08. The van der Waals surface area contributed by atoms with Gasteiger partial charge in [-0.15, -0.1) is 0 Å². The van der Waals surface area contributed by atoms with Crippen LogP contribution in [0.4, 0.5) is 10.1 Å². The van der Waals surface area contributed by atoms with Crippen molar-refractivity contribution >= 4 is 17.5 Å². The molecule has 0 heterocycles. The van der Waals surface area contributed by atoms with E-state index in [0.29, 0.717) is 16.8 Å². The van der Waals surface area contributed by atoms with Crippen molar-refractivity contribution < 1.29 is 14.0 Å². The second-order valence-electron chi connectivity index (χ2n) is 5.61. The maximum atomic E-state index is 13.5. The van der Waals surface area contributed by atoms with Crippen molar-refractivity contribution in [3.8, 4) is 0 Å². The second kappa shape index (κ2) is 6.60. The fourth-order valence-corrected chi connectivity index (χ4v) is 2.21. The molecule has 2 aromatic carbocycles. The van der Waals surface area contributed by atoms with Crippen molar-refractivity contribution in [2.75, 3.05) is 5.32 Å². The molecule has 0 atom stereocenters. The molecule has 4 nitrogen and oxygen atoms in total. The first kappa shape index (κ1) is 15.2. The van der Waals surface area contributed by atoms with E-state index in [1.165, 1.54) is 6.07 Å². The van der Waals surface area contributed by atoms with E-state index in [4.69, 9.17) is 0 Å². The Morgan fingerprint density at radius 1 is 1.04 bits per heavy atom. The number of carbonyl (C=O) groups excluding carboxylic acids is 2. The molecule has 2 N–H and O–H groups in total. The van der Waals surface area contributed by atoms with Gasteiger partial charge in [-0.05, 0) is 43.2 Å². The Kier molecular flexibility index (Phi) is 4.37. The summed E-state index contributed by atoms with van der Waals surface area (Å²) in [5.74, 6) is -0.459. The highest BCUT2D eigenvalue weighted by molar-refractivity contribution is 5.96. The zero-order valence-electron chi connectivity index (χ0n) is 12.5. The minimum atomic E-state index is -0.342. The van der Waals surface area contributed by atoms with Crippen LogP contribution in [0.1, 0.15) is 28.8 Å². The molecule has 23 heavy (non-hydrogen) atoms. The van der Waals surface area contributed by atoms with Crippen LogP contribution in [0.2, 0.25) is 0 Å². The molecule has 5 heteroatoms. The second-order valence-corrected chi connectivity index (χ2v) is 5.61. The average Bonchev–Trinajstić information content (AvgIpc) is 3.39. The molecule has 2 amide bonds. The summed E-state index contributed by atoms with van der Waals surface area (Å²) in [6.45, 7) is 0.131. The Labute approximate surface area is 133 Å². The van der Waals surface area contributed by atoms with Gasteiger partial charge in [0.05, 0.1) is 0 Å². The summed E-state index contributed by atoms with van der Waals surface area (Å²) in [6.07, 6.45) is 1.89. The molecule has 0 aromatic heterocycles. The number of benzene rings is 2. The van der Waals surface area contributed by atoms with Crippen molar-refractivity contribution in [2.45, 2.75) is 19.4 Å². The molecule has 0 spiro atoms. The van der Waals surface area contributed by atoms with Gasteiger partial charge in [0.2, 0.25) is 5.91 Å². The molecule has 1 aliphatic rings. The first-order valence-electron chi connectivity index (χ1n) is 7.56. The van der Waals surface area contributed by atoms with Crippen molar-refractivity contribution in [3.63, 3.8) is 0 Å². The highest BCUT2D eigenvalue weighted by atomic mass is 19.1. The Morgan fingerprint density at radius 3 is 2.39 bits per heavy atom. The third kappa shape index (κ3) is 3.94. The summed E-state index contributed by atoms with van der Waals surface area (Å²) in [5, 5.41) is 5.49. The standard InChI is InChI=1S/C18H17FN2O2/c19-16-4-2-1-3-14(16)11-20-17(22)12-7-9-15(10-8-12)21-18(23)13-5-6-13/h1-4,7-10,13H,5-6,11H2,(H,20,22)(H,21,23). The molecule has 118 valence electrons. The SMILES string of the molecule is O=C(NCc1ccccc1F)c1ccc(NC(=O)C2CC2)cc1. The summed E-state index contributed by atoms with van der Waals surface area (Å²) in [5.41, 5.74) is 1.58. The number of halogens is 1. The van der Waals surface area contributed by atoms with Gasteiger partial charge >= 0.3 is 0 Å². The van der Waals surface area contributed by atoms with Crippen LogP contribution < -0.4 is 10.6 Å². The minimum Gasteiger partial charge on any atom is -0.348 e. The largest absolute Gasteiger partial charge is 0.348 e. The molecule has 0 unspecified atom stereocenters. The molecule has 2 aromatic rings. The molecule has 0 saturated heterocycles. The number of rotatable bonds is 5. The van der Waals surface area contributed by atoms with Gasteiger partial charge < -0.3 is 10.6 Å². The Morgan fingerprint density at radius 2 is 1.74 bits per heavy atom. The van der Waals surface area contributed by atoms with E-state index < -0.39 is 0 Å². The minimum absolute atomic E-state index is 0.0294. The van der Waals surface area contributed by atoms with Crippen LogP contribution in [0, 0.1) is 11.7 Å². The molecular formula is C18H17FN2O2. The van der Waals surface area contributed by atoms with Crippen LogP contribution in [0.3, 0.4) is 0 Å². The summed E-state index contributed by atoms with van der Waals surface area (Å²) >= 11 is 0. The lowest BCUT2D eigenvalue weighted by molar-refractivity contribution is -0.117. The van der Waals surface area contributed by atoms with Gasteiger partial charge in [-0.2, -0.15) is 0 Å². The van der Waals surface area contributed by atoms with Crippen LogP contribution in [0.5, 0.6) is 0 Å². The summed E-state index contributed by atoms with van der Waals surface area (Å²) in [7, 11) is 0. The average molecular weight is 312 g/mol. The molecule has 0 bridgehead atoms. The Bertz CT molecular complexity index is 724. The third-order valence-corrected chi connectivity index (χ3v) is 3.76. The molecule has 0 radical (unpaired) electrons. The van der Waals surface area contributed by atoms with Gasteiger partial charge in [-0.1, -0.05) is 18.2 Å². The first-order chi connectivity index (χ1) is 11.1. The van der Waals surface area contributed by atoms with Crippen LogP contribution in [-0.2, 0) is 11.3 Å². The number of hydrogen-bond acceptors (Lipinski definition) is 2. The molecule has 1 saturated carbocycles. The van der Waals surface area contributed by atoms with E-state index >= 15 is 0 Å². The lowest BCUT2D eigenvalue weighted by atomic mass is 10.1. The molecule has 3 rings (SSSR count). The fourth-order valence-electron chi connectivity index (χ4n) is 2.21. The van der Waals surface area contributed by atoms with Crippen molar-refractivity contribution in [3.05, 3.63) is 65.5 Å². The van der Waals surface area contributed by atoms with Crippen molar-refractivity contribution in [1.82, 2.24) is 5.32 Å². The number of nitrogens with one attached hydrogen (secondary N) is 2. The Balaban J connectivity index is 1.57. The van der Waals surface area contributed by atoms with Gasteiger partial charge in [0.1, 0.15) is 5.82 Å². The summed E-state index contributed by atoms with van der Waals surface area (Å²) in [6, 6.07) is 13.0. The third-order valence-electron chi connectivity index (χ3n) is 3.76. The van der Waals surface area contributed by atoms with E-state index in [2.05, 4.69) is 10.6 Å². The topological polar surface area (TPSA) is 58.2 Å². The highest BCUT2D eigenvalue weighted by Crippen LogP contribution is 2.30. The number of hydrogen-bond donors (Lipinski definition) is 2. The van der Waals surface area contributed by atoms with E-state index in [0.717, 1.165) is 12.8 Å². The fraction of sp³-hybridized carbons (Fsp3) is 0.222. The van der Waals surface area contributed by atoms with Gasteiger partial charge in [0.25, 0.3) is 5.91 Å². The predicted octanol–water partition coefficient (Wildman–Crippen LogP) is 3.10. The monoisotopic (exact) mass is 312 g/mol. The van der Waals surface area contributed by atoms with Crippen LogP contribution >= 0.6 is 0 Å². The van der Waals surface area contributed by atoms with Gasteiger partial charge in [0, 0.05) is 29.3 Å². The first-order valence-corrected chi connectivity index (χ1v) is 7.56. The molecule has 0 aliphatic heterocycles. The van der Waals surface area contributed by atoms with Crippen LogP contribution in [0.25, 0.3) is 0 Å². The van der Waals surface area contributed by atoms with E-state index in [9.17, 15) is 14.0 Å². The normalized spacial score (nSPS) is 13.4. The van der Waals surface area contributed by atoms with Crippen molar-refractivity contribution in [2.24, 2.45) is 5.92 Å². The van der Waals surface area contributed by atoms with E-state index in [1.807, 2.05) is 0 Å². The number of carbonyl (C=O) groups is 2. The van der Waals surface area contributed by atoms with E-state index in [1.54, 1.807) is 42.5 Å². The summed E-state index contributed by atoms with van der Waals surface area (Å²) in [4.78, 5) is 23.7. The molecule has 1 fully saturated rings. The Hall–Kier alpha value is -2.69. The van der Waals surface area contributed by atoms with Crippen molar-refractivity contribution in [1.29, 1.82) is 0 Å². The molecule has 1 aliphatic carbocycles. The van der Waals surface area contributed by atoms with Crippen LogP contribution in [-0.4, -0.2) is 11.8 Å². The van der Waals surface area contributed by atoms with Gasteiger partial charge in [0.15, 0.2) is 0 Å². The van der Waals surface area contributed by atoms with E-state index in [-0.39, 0.29) is 30.1 Å². The van der Waals surface area contributed by atoms with Gasteiger partial charge in [-0.3, -0.25) is 9.59 Å². The predicted molar refractivity (Wildman–Crippen MR) is 85.4 cm³/mol. The lowest BCUT2D eigenvalue weighted by Crippen LogP contribution is -2.23. The van der Waals surface area contributed by atoms with Crippen LogP contribution in [0.15, 0.2) is 48.5 Å². The smallest absolute Gasteiger partial charge is 0.251 e. The van der Waals surface area contributed by atoms with Gasteiger partial charge in [-0.25, -0.2) is 4.39 Å². The zero-order chi connectivity index (χ0) is 16.2. The highest BCUT2D eigenvalue weighted by Gasteiger charge is 2.29. The number of anilines is 1. The molecular weight excluding hydrogens is 295 g/mol. The number of amides is 2. The zero-order valence-corrected chi connectivity index (χ0v) is 12.5. The maximum Gasteiger partial charge on any atom is 0.251 e.